The summed E-state index contributed by atoms with van der Waals surface area (Å²) in [6.45, 7) is 4.92. The Balaban J connectivity index is 3.96. The van der Waals surface area contributed by atoms with E-state index in [1.807, 2.05) is 7.05 Å². The van der Waals surface area contributed by atoms with E-state index >= 15 is 0 Å². The normalized spacial score (nSPS) is 16.5. The largest absolute Gasteiger partial charge is 0.390 e. The number of hydrogen-bond donors (Lipinski definition) is 1. The van der Waals surface area contributed by atoms with Gasteiger partial charge in [-0.15, -0.1) is 0 Å². The van der Waals surface area contributed by atoms with E-state index in [0.29, 0.717) is 12.5 Å². The fourth-order valence-electron chi connectivity index (χ4n) is 1.58. The molecule has 0 aromatic carbocycles. The molecule has 2 nitrogen and oxygen atoms in total. The molecule has 0 aliphatic rings. The molecule has 98 valence electrons. The molecule has 2 atom stereocenters. The minimum atomic E-state index is -4.06. The molecule has 0 saturated carbocycles. The van der Waals surface area contributed by atoms with Crippen LogP contribution in [0.5, 0.6) is 0 Å². The molecule has 16 heavy (non-hydrogen) atoms. The Morgan fingerprint density at radius 2 is 1.88 bits per heavy atom. The van der Waals surface area contributed by atoms with Crippen molar-refractivity contribution in [2.45, 2.75) is 38.9 Å². The van der Waals surface area contributed by atoms with Crippen LogP contribution in [0.1, 0.15) is 26.7 Å². The van der Waals surface area contributed by atoms with Crippen LogP contribution >= 0.6 is 0 Å². The summed E-state index contributed by atoms with van der Waals surface area (Å²) >= 11 is 0. The van der Waals surface area contributed by atoms with E-state index in [1.54, 1.807) is 11.9 Å². The Hall–Kier alpha value is -0.290. The minimum absolute atomic E-state index is 0.0676. The lowest BCUT2D eigenvalue weighted by atomic mass is 9.99. The fourth-order valence-corrected chi connectivity index (χ4v) is 1.58. The number of nitrogens with one attached hydrogen (secondary N) is 1. The van der Waals surface area contributed by atoms with E-state index in [-0.39, 0.29) is 12.6 Å². The van der Waals surface area contributed by atoms with E-state index in [9.17, 15) is 13.2 Å². The standard InChI is InChI=1S/C11H23F3N2/c1-5-9(2)10(15-3)8-16(4)7-6-11(12,13)14/h9-10,15H,5-8H2,1-4H3. The SMILES string of the molecule is CCC(C)C(CN(C)CCC(F)(F)F)NC. The van der Waals surface area contributed by atoms with Crippen molar-refractivity contribution < 1.29 is 13.2 Å². The molecule has 0 aliphatic carbocycles. The summed E-state index contributed by atoms with van der Waals surface area (Å²) in [6, 6.07) is 0.253. The first kappa shape index (κ1) is 15.7. The van der Waals surface area contributed by atoms with E-state index in [4.69, 9.17) is 0 Å². The van der Waals surface area contributed by atoms with E-state index in [2.05, 4.69) is 19.2 Å². The zero-order chi connectivity index (χ0) is 12.8. The molecule has 0 bridgehead atoms. The van der Waals surface area contributed by atoms with Crippen LogP contribution in [-0.4, -0.2) is 44.3 Å². The summed E-state index contributed by atoms with van der Waals surface area (Å²) in [7, 11) is 3.59. The summed E-state index contributed by atoms with van der Waals surface area (Å²) in [5.74, 6) is 0.471. The molecule has 0 rings (SSSR count). The number of alkyl halides is 3. The fraction of sp³-hybridized carbons (Fsp3) is 1.00. The van der Waals surface area contributed by atoms with Gasteiger partial charge in [0.05, 0.1) is 6.42 Å². The van der Waals surface area contributed by atoms with Crippen molar-refractivity contribution in [3.8, 4) is 0 Å². The predicted molar refractivity (Wildman–Crippen MR) is 60.5 cm³/mol. The van der Waals surface area contributed by atoms with E-state index < -0.39 is 12.6 Å². The van der Waals surface area contributed by atoms with Crippen molar-refractivity contribution in [2.75, 3.05) is 27.2 Å². The quantitative estimate of drug-likeness (QED) is 0.735. The van der Waals surface area contributed by atoms with Crippen molar-refractivity contribution in [1.29, 1.82) is 0 Å². The smallest absolute Gasteiger partial charge is 0.315 e. The lowest BCUT2D eigenvalue weighted by molar-refractivity contribution is -0.137. The van der Waals surface area contributed by atoms with Crippen LogP contribution in [0.3, 0.4) is 0 Å². The van der Waals surface area contributed by atoms with Gasteiger partial charge >= 0.3 is 6.18 Å². The molecule has 0 aromatic rings. The van der Waals surface area contributed by atoms with Gasteiger partial charge < -0.3 is 10.2 Å². The minimum Gasteiger partial charge on any atom is -0.315 e. The summed E-state index contributed by atoms with van der Waals surface area (Å²) in [6.07, 6.45) is -3.77. The maximum Gasteiger partial charge on any atom is 0.390 e. The number of likely N-dealkylation sites (N-methyl/N-ethyl adjacent to an activating group) is 2. The van der Waals surface area contributed by atoms with Crippen LogP contribution in [0.15, 0.2) is 0 Å². The maximum absolute atomic E-state index is 12.0. The monoisotopic (exact) mass is 240 g/mol. The molecule has 2 unspecified atom stereocenters. The van der Waals surface area contributed by atoms with Gasteiger partial charge in [0.1, 0.15) is 0 Å². The molecule has 0 spiro atoms. The Morgan fingerprint density at radius 1 is 1.31 bits per heavy atom. The highest BCUT2D eigenvalue weighted by Gasteiger charge is 2.27. The third kappa shape index (κ3) is 7.06. The third-order valence-electron chi connectivity index (χ3n) is 2.99. The molecule has 1 N–H and O–H groups in total. The van der Waals surface area contributed by atoms with E-state index in [0.717, 1.165) is 6.42 Å². The van der Waals surface area contributed by atoms with Crippen molar-refractivity contribution in [3.05, 3.63) is 0 Å². The van der Waals surface area contributed by atoms with Gasteiger partial charge in [-0.25, -0.2) is 0 Å². The molecule has 0 amide bonds. The second-order valence-corrected chi connectivity index (χ2v) is 4.41. The molecule has 0 heterocycles. The van der Waals surface area contributed by atoms with Gasteiger partial charge in [-0.2, -0.15) is 13.2 Å². The van der Waals surface area contributed by atoms with Crippen LogP contribution in [-0.2, 0) is 0 Å². The first-order valence-electron chi connectivity index (χ1n) is 5.72. The van der Waals surface area contributed by atoms with E-state index in [1.165, 1.54) is 0 Å². The highest BCUT2D eigenvalue weighted by Crippen LogP contribution is 2.19. The predicted octanol–water partition coefficient (Wildman–Crippen LogP) is 2.50. The molecule has 0 radical (unpaired) electrons. The zero-order valence-electron chi connectivity index (χ0n) is 10.6. The summed E-state index contributed by atoms with van der Waals surface area (Å²) in [4.78, 5) is 1.74. The Labute approximate surface area is 96.2 Å². The van der Waals surface area contributed by atoms with Crippen LogP contribution in [0.2, 0.25) is 0 Å². The molecular weight excluding hydrogens is 217 g/mol. The summed E-state index contributed by atoms with van der Waals surface area (Å²) in [5, 5.41) is 3.16. The molecule has 5 heteroatoms. The molecule has 0 saturated heterocycles. The lowest BCUT2D eigenvalue weighted by Crippen LogP contribution is -2.42. The van der Waals surface area contributed by atoms with Crippen LogP contribution in [0.4, 0.5) is 13.2 Å². The van der Waals surface area contributed by atoms with Crippen LogP contribution in [0.25, 0.3) is 0 Å². The van der Waals surface area contributed by atoms with Gasteiger partial charge in [-0.3, -0.25) is 0 Å². The first-order chi connectivity index (χ1) is 7.30. The Kier molecular flexibility index (Phi) is 6.99. The van der Waals surface area contributed by atoms with Crippen LogP contribution < -0.4 is 5.32 Å². The second-order valence-electron chi connectivity index (χ2n) is 4.41. The van der Waals surface area contributed by atoms with Crippen LogP contribution in [0, 0.1) is 5.92 Å². The highest BCUT2D eigenvalue weighted by atomic mass is 19.4. The Morgan fingerprint density at radius 3 is 2.25 bits per heavy atom. The first-order valence-corrected chi connectivity index (χ1v) is 5.72. The lowest BCUT2D eigenvalue weighted by Gasteiger charge is -2.28. The summed E-state index contributed by atoms with van der Waals surface area (Å²) < 4.78 is 36.1. The zero-order valence-corrected chi connectivity index (χ0v) is 10.6. The summed E-state index contributed by atoms with van der Waals surface area (Å²) in [5.41, 5.74) is 0. The van der Waals surface area contributed by atoms with Gasteiger partial charge in [-0.05, 0) is 20.0 Å². The topological polar surface area (TPSA) is 15.3 Å². The Bertz CT molecular complexity index is 183. The van der Waals surface area contributed by atoms with Gasteiger partial charge in [0.25, 0.3) is 0 Å². The van der Waals surface area contributed by atoms with Gasteiger partial charge in [-0.1, -0.05) is 20.3 Å². The molecule has 0 fully saturated rings. The molecule has 0 aromatic heterocycles. The van der Waals surface area contributed by atoms with Gasteiger partial charge in [0, 0.05) is 19.1 Å². The van der Waals surface area contributed by atoms with Gasteiger partial charge in [0.2, 0.25) is 0 Å². The average Bonchev–Trinajstić information content (AvgIpc) is 2.21. The van der Waals surface area contributed by atoms with Crippen molar-refractivity contribution >= 4 is 0 Å². The van der Waals surface area contributed by atoms with Crippen molar-refractivity contribution in [2.24, 2.45) is 5.92 Å². The maximum atomic E-state index is 12.0. The second kappa shape index (κ2) is 7.12. The molecular formula is C11H23F3N2. The van der Waals surface area contributed by atoms with Crippen molar-refractivity contribution in [3.63, 3.8) is 0 Å². The third-order valence-corrected chi connectivity index (χ3v) is 2.99. The number of halogens is 3. The number of hydrogen-bond acceptors (Lipinski definition) is 2. The molecule has 0 aliphatic heterocycles. The van der Waals surface area contributed by atoms with Gasteiger partial charge in [0.15, 0.2) is 0 Å². The highest BCUT2D eigenvalue weighted by molar-refractivity contribution is 4.74. The van der Waals surface area contributed by atoms with Crippen molar-refractivity contribution in [1.82, 2.24) is 10.2 Å². The number of nitrogens with zero attached hydrogens (tertiary/aromatic N) is 1. The average molecular weight is 240 g/mol. The number of rotatable bonds is 7.